The van der Waals surface area contributed by atoms with Gasteiger partial charge in [0, 0.05) is 6.54 Å². The summed E-state index contributed by atoms with van der Waals surface area (Å²) in [5, 5.41) is 9.91. The molecule has 112 valence electrons. The van der Waals surface area contributed by atoms with Gasteiger partial charge in [-0.05, 0) is 17.7 Å². The average molecular weight is 335 g/mol. The van der Waals surface area contributed by atoms with Crippen LogP contribution < -0.4 is 0 Å². The van der Waals surface area contributed by atoms with Crippen molar-refractivity contribution in [1.82, 2.24) is 9.55 Å². The van der Waals surface area contributed by atoms with Crippen molar-refractivity contribution in [3.05, 3.63) is 63.9 Å². The van der Waals surface area contributed by atoms with Gasteiger partial charge in [-0.15, -0.1) is 0 Å². The van der Waals surface area contributed by atoms with Gasteiger partial charge in [0.05, 0.1) is 21.1 Å². The van der Waals surface area contributed by atoms with Crippen LogP contribution in [-0.4, -0.2) is 20.6 Å². The summed E-state index contributed by atoms with van der Waals surface area (Å²) >= 11 is 12.1. The first-order valence-corrected chi connectivity index (χ1v) is 7.40. The van der Waals surface area contributed by atoms with Crippen LogP contribution in [-0.2, 0) is 17.8 Å². The van der Waals surface area contributed by atoms with Crippen LogP contribution in [0, 0.1) is 0 Å². The van der Waals surface area contributed by atoms with Crippen LogP contribution in [0.15, 0.2) is 42.5 Å². The van der Waals surface area contributed by atoms with Gasteiger partial charge in [0.25, 0.3) is 0 Å². The number of hydrogen-bond donors (Lipinski definition) is 1. The Bertz CT molecular complexity index is 844. The fourth-order valence-corrected chi connectivity index (χ4v) is 2.70. The zero-order valence-electron chi connectivity index (χ0n) is 11.5. The molecule has 22 heavy (non-hydrogen) atoms. The maximum Gasteiger partial charge on any atom is 0.311 e. The van der Waals surface area contributed by atoms with Gasteiger partial charge in [-0.3, -0.25) is 4.79 Å². The molecule has 0 saturated heterocycles. The van der Waals surface area contributed by atoms with E-state index in [1.807, 2.05) is 34.9 Å². The van der Waals surface area contributed by atoms with Gasteiger partial charge in [0.15, 0.2) is 0 Å². The fourth-order valence-electron chi connectivity index (χ4n) is 2.38. The van der Waals surface area contributed by atoms with Crippen LogP contribution in [0.5, 0.6) is 0 Å². The summed E-state index contributed by atoms with van der Waals surface area (Å²) in [6, 6.07) is 13.2. The van der Waals surface area contributed by atoms with Gasteiger partial charge in [-0.25, -0.2) is 4.98 Å². The number of aliphatic carboxylic acids is 1. The second kappa shape index (κ2) is 5.99. The zero-order valence-corrected chi connectivity index (χ0v) is 13.0. The van der Waals surface area contributed by atoms with Crippen molar-refractivity contribution >= 4 is 40.2 Å². The molecule has 2 aromatic carbocycles. The third-order valence-corrected chi connectivity index (χ3v) is 4.08. The lowest BCUT2D eigenvalue weighted by atomic mass is 10.2. The molecule has 0 radical (unpaired) electrons. The van der Waals surface area contributed by atoms with Crippen LogP contribution in [0.1, 0.15) is 11.4 Å². The van der Waals surface area contributed by atoms with Gasteiger partial charge in [-0.2, -0.15) is 0 Å². The Hall–Kier alpha value is -2.04. The van der Waals surface area contributed by atoms with Crippen molar-refractivity contribution < 1.29 is 9.90 Å². The molecule has 6 heteroatoms. The zero-order chi connectivity index (χ0) is 15.7. The lowest BCUT2D eigenvalue weighted by Gasteiger charge is -2.08. The summed E-state index contributed by atoms with van der Waals surface area (Å²) in [6.45, 7) is 0.526. The largest absolute Gasteiger partial charge is 0.481 e. The summed E-state index contributed by atoms with van der Waals surface area (Å²) in [6.07, 6.45) is -0.156. The Morgan fingerprint density at radius 3 is 2.50 bits per heavy atom. The number of carboxylic acid groups (broad SMARTS) is 1. The van der Waals surface area contributed by atoms with E-state index in [-0.39, 0.29) is 6.42 Å². The smallest absolute Gasteiger partial charge is 0.311 e. The molecule has 0 unspecified atom stereocenters. The predicted molar refractivity (Wildman–Crippen MR) is 86.6 cm³/mol. The Morgan fingerprint density at radius 2 is 1.82 bits per heavy atom. The molecule has 0 atom stereocenters. The maximum atomic E-state index is 11.1. The average Bonchev–Trinajstić information content (AvgIpc) is 2.77. The van der Waals surface area contributed by atoms with E-state index in [9.17, 15) is 4.79 Å². The van der Waals surface area contributed by atoms with E-state index in [4.69, 9.17) is 28.3 Å². The van der Waals surface area contributed by atoms with Gasteiger partial charge in [-0.1, -0.05) is 53.5 Å². The molecule has 3 aromatic rings. The Labute approximate surface area is 136 Å². The molecule has 1 heterocycles. The molecular formula is C16H12Cl2N2O2. The first kappa shape index (κ1) is 14.9. The molecule has 0 aliphatic carbocycles. The summed E-state index contributed by atoms with van der Waals surface area (Å²) in [7, 11) is 0. The number of imidazole rings is 1. The number of halogens is 2. The highest BCUT2D eigenvalue weighted by atomic mass is 35.5. The third-order valence-electron chi connectivity index (χ3n) is 3.36. The minimum absolute atomic E-state index is 0.156. The first-order chi connectivity index (χ1) is 10.5. The van der Waals surface area contributed by atoms with Crippen molar-refractivity contribution in [3.63, 3.8) is 0 Å². The maximum absolute atomic E-state index is 11.1. The van der Waals surface area contributed by atoms with Crippen LogP contribution in [0.2, 0.25) is 10.0 Å². The van der Waals surface area contributed by atoms with E-state index in [1.165, 1.54) is 0 Å². The SMILES string of the molecule is O=C(O)Cc1nc2cc(Cl)c(Cl)cc2n1Cc1ccccc1. The molecule has 0 amide bonds. The molecular weight excluding hydrogens is 323 g/mol. The topological polar surface area (TPSA) is 55.1 Å². The molecule has 0 aliphatic heterocycles. The van der Waals surface area contributed by atoms with Crippen molar-refractivity contribution in [3.8, 4) is 0 Å². The van der Waals surface area contributed by atoms with E-state index in [0.717, 1.165) is 11.1 Å². The standard InChI is InChI=1S/C16H12Cl2N2O2/c17-11-6-13-14(7-12(11)18)20(15(19-13)8-16(21)22)9-10-4-2-1-3-5-10/h1-7H,8-9H2,(H,21,22). The van der Waals surface area contributed by atoms with E-state index < -0.39 is 5.97 Å². The summed E-state index contributed by atoms with van der Waals surface area (Å²) in [4.78, 5) is 15.5. The highest BCUT2D eigenvalue weighted by molar-refractivity contribution is 6.42. The van der Waals surface area contributed by atoms with Crippen molar-refractivity contribution in [1.29, 1.82) is 0 Å². The monoisotopic (exact) mass is 334 g/mol. The van der Waals surface area contributed by atoms with Crippen LogP contribution >= 0.6 is 23.2 Å². The normalized spacial score (nSPS) is 11.0. The lowest BCUT2D eigenvalue weighted by molar-refractivity contribution is -0.136. The number of fused-ring (bicyclic) bond motifs is 1. The molecule has 1 aromatic heterocycles. The van der Waals surface area contributed by atoms with E-state index in [1.54, 1.807) is 12.1 Å². The summed E-state index contributed by atoms with van der Waals surface area (Å²) in [5.41, 5.74) is 2.47. The number of rotatable bonds is 4. The van der Waals surface area contributed by atoms with E-state index in [2.05, 4.69) is 4.98 Å². The number of benzene rings is 2. The van der Waals surface area contributed by atoms with Gasteiger partial charge < -0.3 is 9.67 Å². The second-order valence-electron chi connectivity index (χ2n) is 4.93. The molecule has 1 N–H and O–H groups in total. The van der Waals surface area contributed by atoms with Crippen LogP contribution in [0.4, 0.5) is 0 Å². The van der Waals surface area contributed by atoms with Gasteiger partial charge in [0.2, 0.25) is 0 Å². The molecule has 3 rings (SSSR count). The van der Waals surface area contributed by atoms with Crippen molar-refractivity contribution in [2.24, 2.45) is 0 Å². The predicted octanol–water partition coefficient (Wildman–Crippen LogP) is 4.02. The third kappa shape index (κ3) is 2.93. The fraction of sp³-hybridized carbons (Fsp3) is 0.125. The van der Waals surface area contributed by atoms with Crippen molar-refractivity contribution in [2.75, 3.05) is 0 Å². The highest BCUT2D eigenvalue weighted by Gasteiger charge is 2.15. The minimum Gasteiger partial charge on any atom is -0.481 e. The van der Waals surface area contributed by atoms with Crippen LogP contribution in [0.25, 0.3) is 11.0 Å². The van der Waals surface area contributed by atoms with E-state index in [0.29, 0.717) is 27.9 Å². The molecule has 0 spiro atoms. The summed E-state index contributed by atoms with van der Waals surface area (Å²) in [5.74, 6) is -0.452. The lowest BCUT2D eigenvalue weighted by Crippen LogP contribution is -2.10. The molecule has 0 saturated carbocycles. The highest BCUT2D eigenvalue weighted by Crippen LogP contribution is 2.29. The van der Waals surface area contributed by atoms with Crippen LogP contribution in [0.3, 0.4) is 0 Å². The van der Waals surface area contributed by atoms with Gasteiger partial charge >= 0.3 is 5.97 Å². The number of aromatic nitrogens is 2. The molecule has 0 bridgehead atoms. The Balaban J connectivity index is 2.15. The number of carboxylic acids is 1. The van der Waals surface area contributed by atoms with E-state index >= 15 is 0 Å². The number of nitrogens with zero attached hydrogens (tertiary/aromatic N) is 2. The van der Waals surface area contributed by atoms with Crippen molar-refractivity contribution in [2.45, 2.75) is 13.0 Å². The molecule has 0 fully saturated rings. The second-order valence-corrected chi connectivity index (χ2v) is 5.74. The minimum atomic E-state index is -0.929. The summed E-state index contributed by atoms with van der Waals surface area (Å²) < 4.78 is 1.86. The Kier molecular flexibility index (Phi) is 4.05. The number of hydrogen-bond acceptors (Lipinski definition) is 2. The first-order valence-electron chi connectivity index (χ1n) is 6.64. The van der Waals surface area contributed by atoms with Gasteiger partial charge in [0.1, 0.15) is 12.2 Å². The Morgan fingerprint density at radius 1 is 1.14 bits per heavy atom. The quantitative estimate of drug-likeness (QED) is 0.783. The number of carbonyl (C=O) groups is 1. The molecule has 0 aliphatic rings. The molecule has 4 nitrogen and oxygen atoms in total.